The number of halogens is 2. The number of hydrogen-bond acceptors (Lipinski definition) is 7. The third-order valence-corrected chi connectivity index (χ3v) is 7.65. The molecule has 5 rings (SSSR count). The molecule has 0 aliphatic carbocycles. The highest BCUT2D eigenvalue weighted by atomic mass is 35.5. The number of fused-ring (bicyclic) bond motifs is 2. The molecule has 1 fully saturated rings. The fourth-order valence-electron chi connectivity index (χ4n) is 5.65. The summed E-state index contributed by atoms with van der Waals surface area (Å²) >= 11 is 6.89. The van der Waals surface area contributed by atoms with Gasteiger partial charge in [-0.1, -0.05) is 11.6 Å². The van der Waals surface area contributed by atoms with E-state index in [4.69, 9.17) is 30.8 Å². The van der Waals surface area contributed by atoms with Gasteiger partial charge < -0.3 is 19.1 Å². The summed E-state index contributed by atoms with van der Waals surface area (Å²) in [5.74, 6) is -0.579. The van der Waals surface area contributed by atoms with Crippen LogP contribution >= 0.6 is 11.6 Å². The van der Waals surface area contributed by atoms with Crippen LogP contribution in [-0.4, -0.2) is 70.4 Å². The van der Waals surface area contributed by atoms with Gasteiger partial charge in [0.1, 0.15) is 11.1 Å². The van der Waals surface area contributed by atoms with Gasteiger partial charge in [0, 0.05) is 55.5 Å². The summed E-state index contributed by atoms with van der Waals surface area (Å²) in [6.45, 7) is 12.8. The van der Waals surface area contributed by atoms with E-state index in [0.717, 1.165) is 16.6 Å². The number of pyridine rings is 1. The Balaban J connectivity index is 1.51. The third kappa shape index (κ3) is 5.70. The molecular weight excluding hydrogens is 561 g/mol. The zero-order valence-corrected chi connectivity index (χ0v) is 26.0. The number of amides is 1. The molecule has 1 aliphatic heterocycles. The van der Waals surface area contributed by atoms with E-state index in [-0.39, 0.29) is 36.2 Å². The van der Waals surface area contributed by atoms with Crippen LogP contribution in [0.4, 0.5) is 14.9 Å². The zero-order chi connectivity index (χ0) is 30.5. The standard InChI is InChI=1S/C31H37ClFN5O4/c1-17-9-21(37-13-18(2)38(19(3)14-37)30(39)42-31(4,5)6)11-22-24(32)12-25(34-27(17)22)23-10-20-15-36(7)35-28(20)26(33)29(23)41-16-40-8/h9-12,15,18-19H,13-14,16H2,1-8H3/t18-,19+. The highest BCUT2D eigenvalue weighted by molar-refractivity contribution is 6.35. The van der Waals surface area contributed by atoms with E-state index < -0.39 is 11.4 Å². The molecule has 9 nitrogen and oxygen atoms in total. The maximum Gasteiger partial charge on any atom is 0.410 e. The Hall–Kier alpha value is -3.63. The molecule has 0 N–H and O–H groups in total. The van der Waals surface area contributed by atoms with Gasteiger partial charge in [-0.25, -0.2) is 14.2 Å². The second-order valence-electron chi connectivity index (χ2n) is 12.0. The van der Waals surface area contributed by atoms with E-state index in [1.165, 1.54) is 7.11 Å². The number of carbonyl (C=O) groups excluding carboxylic acids is 1. The van der Waals surface area contributed by atoms with Gasteiger partial charge in [-0.05, 0) is 71.4 Å². The average molecular weight is 598 g/mol. The Labute approximate surface area is 250 Å². The molecule has 2 atom stereocenters. The number of carbonyl (C=O) groups is 1. The smallest absolute Gasteiger partial charge is 0.410 e. The lowest BCUT2D eigenvalue weighted by Gasteiger charge is -2.45. The third-order valence-electron chi connectivity index (χ3n) is 7.33. The van der Waals surface area contributed by atoms with Crippen molar-refractivity contribution in [2.45, 2.75) is 59.2 Å². The van der Waals surface area contributed by atoms with Crippen molar-refractivity contribution in [3.05, 3.63) is 46.9 Å². The number of benzene rings is 2. The molecule has 1 amide bonds. The quantitative estimate of drug-likeness (QED) is 0.237. The van der Waals surface area contributed by atoms with Crippen LogP contribution in [0.3, 0.4) is 0 Å². The lowest BCUT2D eigenvalue weighted by molar-refractivity contribution is 0.00565. The Kier molecular flexibility index (Phi) is 7.98. The first-order valence-electron chi connectivity index (χ1n) is 13.9. The SMILES string of the molecule is COCOc1c(-c2cc(Cl)c3cc(N4C[C@@H](C)N(C(=O)OC(C)(C)C)[C@@H](C)C4)cc(C)c3n2)cc2cn(C)nc2c1F. The fraction of sp³-hybridized carbons (Fsp3) is 0.452. The number of aromatic nitrogens is 3. The van der Waals surface area contributed by atoms with Crippen LogP contribution in [0.25, 0.3) is 33.1 Å². The van der Waals surface area contributed by atoms with Gasteiger partial charge >= 0.3 is 6.09 Å². The number of nitrogens with zero attached hydrogens (tertiary/aromatic N) is 5. The molecule has 11 heteroatoms. The molecule has 0 bridgehead atoms. The number of methoxy groups -OCH3 is 1. The van der Waals surface area contributed by atoms with Crippen molar-refractivity contribution in [3.8, 4) is 17.0 Å². The summed E-state index contributed by atoms with van der Waals surface area (Å²) in [5, 5.41) is 6.12. The first kappa shape index (κ1) is 29.8. The summed E-state index contributed by atoms with van der Waals surface area (Å²) in [4.78, 5) is 21.9. The van der Waals surface area contributed by atoms with Crippen LogP contribution in [0, 0.1) is 12.7 Å². The van der Waals surface area contributed by atoms with Crippen molar-refractivity contribution in [1.82, 2.24) is 19.7 Å². The van der Waals surface area contributed by atoms with Gasteiger partial charge in [0.25, 0.3) is 0 Å². The topological polar surface area (TPSA) is 82.0 Å². The second kappa shape index (κ2) is 11.2. The number of rotatable bonds is 5. The van der Waals surface area contributed by atoms with Crippen LogP contribution in [0.1, 0.15) is 40.2 Å². The van der Waals surface area contributed by atoms with Crippen molar-refractivity contribution >= 4 is 45.2 Å². The van der Waals surface area contributed by atoms with Crippen molar-refractivity contribution in [3.63, 3.8) is 0 Å². The molecule has 0 radical (unpaired) electrons. The Bertz CT molecular complexity index is 1660. The van der Waals surface area contributed by atoms with Gasteiger partial charge in [0.15, 0.2) is 18.4 Å². The summed E-state index contributed by atoms with van der Waals surface area (Å²) in [5.41, 5.74) is 3.20. The van der Waals surface area contributed by atoms with Crippen molar-refractivity contribution < 1.29 is 23.4 Å². The van der Waals surface area contributed by atoms with E-state index >= 15 is 4.39 Å². The van der Waals surface area contributed by atoms with Crippen molar-refractivity contribution in [2.24, 2.45) is 7.05 Å². The van der Waals surface area contributed by atoms with Crippen LogP contribution < -0.4 is 9.64 Å². The average Bonchev–Trinajstić information content (AvgIpc) is 3.27. The Morgan fingerprint density at radius 3 is 2.45 bits per heavy atom. The molecule has 3 heterocycles. The van der Waals surface area contributed by atoms with Crippen LogP contribution in [0.2, 0.25) is 5.02 Å². The lowest BCUT2D eigenvalue weighted by Crippen LogP contribution is -2.59. The van der Waals surface area contributed by atoms with E-state index in [2.05, 4.69) is 16.1 Å². The Morgan fingerprint density at radius 2 is 1.81 bits per heavy atom. The highest BCUT2D eigenvalue weighted by Crippen LogP contribution is 2.40. The molecule has 0 unspecified atom stereocenters. The van der Waals surface area contributed by atoms with Crippen LogP contribution in [0.15, 0.2) is 30.5 Å². The first-order chi connectivity index (χ1) is 19.8. The molecule has 1 saturated heterocycles. The first-order valence-corrected chi connectivity index (χ1v) is 14.3. The maximum atomic E-state index is 15.6. The second-order valence-corrected chi connectivity index (χ2v) is 12.4. The van der Waals surface area contributed by atoms with E-state index in [0.29, 0.717) is 40.3 Å². The van der Waals surface area contributed by atoms with Gasteiger partial charge in [0.05, 0.1) is 28.3 Å². The largest absolute Gasteiger partial charge is 0.464 e. The van der Waals surface area contributed by atoms with Gasteiger partial charge in [-0.3, -0.25) is 9.58 Å². The van der Waals surface area contributed by atoms with Gasteiger partial charge in [-0.2, -0.15) is 5.10 Å². The monoisotopic (exact) mass is 597 g/mol. The van der Waals surface area contributed by atoms with Crippen molar-refractivity contribution in [2.75, 3.05) is 31.9 Å². The fourth-order valence-corrected chi connectivity index (χ4v) is 5.90. The van der Waals surface area contributed by atoms with Gasteiger partial charge in [-0.15, -0.1) is 0 Å². The molecule has 224 valence electrons. The lowest BCUT2D eigenvalue weighted by atomic mass is 10.0. The van der Waals surface area contributed by atoms with Crippen molar-refractivity contribution in [1.29, 1.82) is 0 Å². The van der Waals surface area contributed by atoms with Crippen LogP contribution in [0.5, 0.6) is 5.75 Å². The molecule has 0 spiro atoms. The van der Waals surface area contributed by atoms with E-state index in [1.54, 1.807) is 30.1 Å². The molecule has 42 heavy (non-hydrogen) atoms. The molecule has 4 aromatic rings. The number of piperazine rings is 1. The molecule has 0 saturated carbocycles. The van der Waals surface area contributed by atoms with E-state index in [1.807, 2.05) is 52.5 Å². The number of hydrogen-bond donors (Lipinski definition) is 0. The Morgan fingerprint density at radius 1 is 1.12 bits per heavy atom. The minimum Gasteiger partial charge on any atom is -0.464 e. The summed E-state index contributed by atoms with van der Waals surface area (Å²) in [6, 6.07) is 7.52. The molecule has 1 aliphatic rings. The number of aryl methyl sites for hydroxylation is 2. The molecular formula is C31H37ClFN5O4. The highest BCUT2D eigenvalue weighted by Gasteiger charge is 2.36. The minimum absolute atomic E-state index is 0.00562. The zero-order valence-electron chi connectivity index (χ0n) is 25.3. The molecule has 2 aromatic carbocycles. The van der Waals surface area contributed by atoms with E-state index in [9.17, 15) is 4.79 Å². The summed E-state index contributed by atoms with van der Waals surface area (Å²) < 4.78 is 33.5. The summed E-state index contributed by atoms with van der Waals surface area (Å²) in [7, 11) is 3.21. The summed E-state index contributed by atoms with van der Waals surface area (Å²) in [6.07, 6.45) is 1.44. The van der Waals surface area contributed by atoms with Crippen LogP contribution in [-0.2, 0) is 16.5 Å². The minimum atomic E-state index is -0.584. The predicted octanol–water partition coefficient (Wildman–Crippen LogP) is 6.71. The number of anilines is 1. The van der Waals surface area contributed by atoms with Gasteiger partial charge in [0.2, 0.25) is 0 Å². The predicted molar refractivity (Wildman–Crippen MR) is 163 cm³/mol. The normalized spacial score (nSPS) is 17.8. The number of ether oxygens (including phenoxy) is 3. The molecule has 2 aromatic heterocycles. The maximum absolute atomic E-state index is 15.6.